The van der Waals surface area contributed by atoms with Crippen molar-refractivity contribution in [3.8, 4) is 0 Å². The number of aryl methyl sites for hydroxylation is 1. The van der Waals surface area contributed by atoms with E-state index in [1.54, 1.807) is 0 Å². The monoisotopic (exact) mass is 267 g/mol. The number of hydrogen-bond donors (Lipinski definition) is 1. The quantitative estimate of drug-likeness (QED) is 0.734. The molecule has 2 aromatic heterocycles. The Balaban J connectivity index is 1.80. The summed E-state index contributed by atoms with van der Waals surface area (Å²) in [4.78, 5) is 8.79. The molecule has 2 N–H and O–H groups in total. The van der Waals surface area contributed by atoms with E-state index in [0.29, 0.717) is 0 Å². The van der Waals surface area contributed by atoms with E-state index in [9.17, 15) is 0 Å². The summed E-state index contributed by atoms with van der Waals surface area (Å²) in [7, 11) is 2.00. The van der Waals surface area contributed by atoms with Gasteiger partial charge in [-0.3, -0.25) is 0 Å². The van der Waals surface area contributed by atoms with E-state index in [1.165, 1.54) is 5.56 Å². The van der Waals surface area contributed by atoms with Gasteiger partial charge in [0.1, 0.15) is 11.6 Å². The molecule has 3 rings (SSSR count). The van der Waals surface area contributed by atoms with Crippen LogP contribution in [-0.2, 0) is 20.0 Å². The molecular formula is C15H17N5. The maximum Gasteiger partial charge on any atom is 0.128 e. The minimum atomic E-state index is 0.730. The molecule has 1 aromatic carbocycles. The first kappa shape index (κ1) is 12.5. The summed E-state index contributed by atoms with van der Waals surface area (Å²) in [6, 6.07) is 7.91. The highest BCUT2D eigenvalue weighted by Crippen LogP contribution is 2.11. The van der Waals surface area contributed by atoms with Gasteiger partial charge in [-0.15, -0.1) is 0 Å². The van der Waals surface area contributed by atoms with Gasteiger partial charge in [0, 0.05) is 43.9 Å². The van der Waals surface area contributed by atoms with Crippen LogP contribution in [0.2, 0.25) is 0 Å². The van der Waals surface area contributed by atoms with Crippen LogP contribution >= 0.6 is 0 Å². The molecule has 0 amide bonds. The van der Waals surface area contributed by atoms with Crippen molar-refractivity contribution in [1.29, 1.82) is 0 Å². The van der Waals surface area contributed by atoms with E-state index in [1.807, 2.05) is 60.7 Å². The molecule has 0 radical (unpaired) electrons. The second-order valence-electron chi connectivity index (χ2n) is 4.84. The third-order valence-electron chi connectivity index (χ3n) is 3.38. The van der Waals surface area contributed by atoms with Gasteiger partial charge >= 0.3 is 0 Å². The van der Waals surface area contributed by atoms with E-state index >= 15 is 0 Å². The summed E-state index contributed by atoms with van der Waals surface area (Å²) in [5.74, 6) is 2.04. The molecule has 0 saturated carbocycles. The van der Waals surface area contributed by atoms with Crippen molar-refractivity contribution in [3.63, 3.8) is 0 Å². The van der Waals surface area contributed by atoms with Crippen LogP contribution in [0.15, 0.2) is 49.1 Å². The lowest BCUT2D eigenvalue weighted by atomic mass is 10.1. The Hall–Kier alpha value is -2.56. The number of aromatic nitrogens is 4. The van der Waals surface area contributed by atoms with Crippen LogP contribution in [0.4, 0.5) is 5.69 Å². The molecule has 0 aliphatic heterocycles. The third kappa shape index (κ3) is 2.56. The largest absolute Gasteiger partial charge is 0.399 e. The summed E-state index contributed by atoms with van der Waals surface area (Å²) < 4.78 is 4.14. The van der Waals surface area contributed by atoms with Crippen LogP contribution in [0.5, 0.6) is 0 Å². The molecule has 5 heteroatoms. The third-order valence-corrected chi connectivity index (χ3v) is 3.38. The van der Waals surface area contributed by atoms with Gasteiger partial charge in [0.15, 0.2) is 0 Å². The SMILES string of the molecule is Cn1ccnc1Cn1ccnc1Cc1ccc(N)cc1. The first-order valence-corrected chi connectivity index (χ1v) is 6.53. The Kier molecular flexibility index (Phi) is 3.25. The van der Waals surface area contributed by atoms with Crippen molar-refractivity contribution in [2.75, 3.05) is 5.73 Å². The molecule has 3 aromatic rings. The summed E-state index contributed by atoms with van der Waals surface area (Å²) in [5.41, 5.74) is 7.69. The Morgan fingerprint density at radius 1 is 1.00 bits per heavy atom. The molecule has 102 valence electrons. The lowest BCUT2D eigenvalue weighted by Gasteiger charge is -2.08. The number of rotatable bonds is 4. The Labute approximate surface area is 117 Å². The Bertz CT molecular complexity index is 693. The maximum absolute atomic E-state index is 5.71. The number of benzene rings is 1. The molecule has 0 bridgehead atoms. The predicted molar refractivity (Wildman–Crippen MR) is 78.2 cm³/mol. The van der Waals surface area contributed by atoms with Crippen molar-refractivity contribution in [2.45, 2.75) is 13.0 Å². The van der Waals surface area contributed by atoms with Crippen molar-refractivity contribution in [3.05, 3.63) is 66.3 Å². The summed E-state index contributed by atoms with van der Waals surface area (Å²) in [6.07, 6.45) is 8.37. The average molecular weight is 267 g/mol. The summed E-state index contributed by atoms with van der Waals surface area (Å²) in [5, 5.41) is 0. The van der Waals surface area contributed by atoms with Gasteiger partial charge < -0.3 is 14.9 Å². The smallest absolute Gasteiger partial charge is 0.128 e. The zero-order valence-electron chi connectivity index (χ0n) is 11.4. The maximum atomic E-state index is 5.71. The number of nitrogen functional groups attached to an aromatic ring is 1. The number of nitrogens with two attached hydrogens (primary N) is 1. The molecule has 0 unspecified atom stereocenters. The van der Waals surface area contributed by atoms with E-state index in [-0.39, 0.29) is 0 Å². The van der Waals surface area contributed by atoms with E-state index in [2.05, 4.69) is 14.5 Å². The second kappa shape index (κ2) is 5.21. The highest BCUT2D eigenvalue weighted by molar-refractivity contribution is 5.39. The van der Waals surface area contributed by atoms with E-state index < -0.39 is 0 Å². The zero-order valence-corrected chi connectivity index (χ0v) is 11.4. The van der Waals surface area contributed by atoms with E-state index in [0.717, 1.165) is 30.3 Å². The standard InChI is InChI=1S/C15H17N5/c1-19-8-6-18-15(19)11-20-9-7-17-14(20)10-12-2-4-13(16)5-3-12/h2-9H,10-11,16H2,1H3. The fourth-order valence-corrected chi connectivity index (χ4v) is 2.17. The van der Waals surface area contributed by atoms with E-state index in [4.69, 9.17) is 5.73 Å². The molecule has 0 aliphatic carbocycles. The van der Waals surface area contributed by atoms with Gasteiger partial charge in [-0.2, -0.15) is 0 Å². The summed E-state index contributed by atoms with van der Waals surface area (Å²) in [6.45, 7) is 0.730. The number of hydrogen-bond acceptors (Lipinski definition) is 3. The first-order chi connectivity index (χ1) is 9.72. The van der Waals surface area contributed by atoms with Crippen molar-refractivity contribution < 1.29 is 0 Å². The topological polar surface area (TPSA) is 61.7 Å². The second-order valence-corrected chi connectivity index (χ2v) is 4.84. The fourth-order valence-electron chi connectivity index (χ4n) is 2.17. The normalized spacial score (nSPS) is 10.8. The molecule has 5 nitrogen and oxygen atoms in total. The summed E-state index contributed by atoms with van der Waals surface area (Å²) >= 11 is 0. The van der Waals surface area contributed by atoms with Crippen LogP contribution < -0.4 is 5.73 Å². The molecule has 0 fully saturated rings. The lowest BCUT2D eigenvalue weighted by Crippen LogP contribution is -2.09. The predicted octanol–water partition coefficient (Wildman–Crippen LogP) is 1.84. The van der Waals surface area contributed by atoms with Crippen LogP contribution in [0, 0.1) is 0 Å². The van der Waals surface area contributed by atoms with Gasteiger partial charge in [-0.1, -0.05) is 12.1 Å². The minimum absolute atomic E-state index is 0.730. The fraction of sp³-hybridized carbons (Fsp3) is 0.200. The molecule has 2 heterocycles. The van der Waals surface area contributed by atoms with Gasteiger partial charge in [0.25, 0.3) is 0 Å². The molecule has 0 saturated heterocycles. The van der Waals surface area contributed by atoms with Gasteiger partial charge in [0.05, 0.1) is 6.54 Å². The van der Waals surface area contributed by atoms with Gasteiger partial charge in [-0.25, -0.2) is 9.97 Å². The van der Waals surface area contributed by atoms with Crippen molar-refractivity contribution >= 4 is 5.69 Å². The van der Waals surface area contributed by atoms with Crippen molar-refractivity contribution in [2.24, 2.45) is 7.05 Å². The number of imidazole rings is 2. The van der Waals surface area contributed by atoms with Gasteiger partial charge in [-0.05, 0) is 17.7 Å². The Morgan fingerprint density at radius 2 is 1.70 bits per heavy atom. The van der Waals surface area contributed by atoms with Crippen LogP contribution in [0.3, 0.4) is 0 Å². The molecule has 0 spiro atoms. The number of anilines is 1. The molecule has 20 heavy (non-hydrogen) atoms. The van der Waals surface area contributed by atoms with Crippen LogP contribution in [0.25, 0.3) is 0 Å². The minimum Gasteiger partial charge on any atom is -0.399 e. The zero-order chi connectivity index (χ0) is 13.9. The highest BCUT2D eigenvalue weighted by atomic mass is 15.1. The molecular weight excluding hydrogens is 250 g/mol. The van der Waals surface area contributed by atoms with Gasteiger partial charge in [0.2, 0.25) is 0 Å². The van der Waals surface area contributed by atoms with Crippen LogP contribution in [-0.4, -0.2) is 19.1 Å². The first-order valence-electron chi connectivity index (χ1n) is 6.53. The number of nitrogens with zero attached hydrogens (tertiary/aromatic N) is 4. The van der Waals surface area contributed by atoms with Crippen LogP contribution in [0.1, 0.15) is 17.2 Å². The Morgan fingerprint density at radius 3 is 2.40 bits per heavy atom. The lowest BCUT2D eigenvalue weighted by molar-refractivity contribution is 0.671. The average Bonchev–Trinajstić information content (AvgIpc) is 3.04. The molecule has 0 atom stereocenters. The molecule has 0 aliphatic rings. The van der Waals surface area contributed by atoms with Crippen molar-refractivity contribution in [1.82, 2.24) is 19.1 Å². The highest BCUT2D eigenvalue weighted by Gasteiger charge is 2.07.